The molecule has 0 aliphatic heterocycles. The van der Waals surface area contributed by atoms with Crippen LogP contribution < -0.4 is 0 Å². The molecule has 0 aliphatic rings. The molecule has 4 aromatic heterocycles. The molecule has 6 nitrogen and oxygen atoms in total. The minimum Gasteiger partial charge on any atom is -0.456 e. The number of hydrogen-bond acceptors (Lipinski definition) is 5. The van der Waals surface area contributed by atoms with Gasteiger partial charge in [-0.2, -0.15) is 9.97 Å². The summed E-state index contributed by atoms with van der Waals surface area (Å²) in [6.07, 6.45) is 0. The Morgan fingerprint density at radius 3 is 1.69 bits per heavy atom. The van der Waals surface area contributed by atoms with Crippen LogP contribution in [0.4, 0.5) is 0 Å². The smallest absolute Gasteiger partial charge is 0.238 e. The lowest BCUT2D eigenvalue weighted by Crippen LogP contribution is -2.06. The summed E-state index contributed by atoms with van der Waals surface area (Å²) in [4.78, 5) is 15.5. The van der Waals surface area contributed by atoms with E-state index in [-0.39, 0.29) is 0 Å². The van der Waals surface area contributed by atoms with Crippen LogP contribution in [0.2, 0.25) is 0 Å². The Balaban J connectivity index is 1.18. The van der Waals surface area contributed by atoms with Crippen molar-refractivity contribution < 1.29 is 8.83 Å². The van der Waals surface area contributed by atoms with Crippen molar-refractivity contribution in [3.8, 4) is 39.9 Å². The standard InChI is InChI=1S/C45H26N4O2/c1-2-12-27(13-3-1)43-46-44(33-18-11-23-40-42(33)32-16-6-9-21-38(32)51-40)48-45(47-43)49-35-19-7-4-14-30(35)34-26-28(24-25-36(34)49)29-17-10-22-39-41(29)31-15-5-8-20-37(31)50-39/h1-26H. The SMILES string of the molecule is c1ccc(-c2nc(-c3cccc4oc5ccccc5c34)nc(-n3c4ccccc4c4cc(-c5cccc6oc7ccccc7c56)ccc43)n2)cc1. The van der Waals surface area contributed by atoms with Crippen LogP contribution in [-0.4, -0.2) is 19.5 Å². The Morgan fingerprint density at radius 1 is 0.373 bits per heavy atom. The van der Waals surface area contributed by atoms with Gasteiger partial charge in [0, 0.05) is 43.4 Å². The maximum atomic E-state index is 6.26. The van der Waals surface area contributed by atoms with Gasteiger partial charge in [-0.15, -0.1) is 0 Å². The monoisotopic (exact) mass is 654 g/mol. The number of hydrogen-bond donors (Lipinski definition) is 0. The van der Waals surface area contributed by atoms with Crippen molar-refractivity contribution in [2.45, 2.75) is 0 Å². The highest BCUT2D eigenvalue weighted by Gasteiger charge is 2.21. The van der Waals surface area contributed by atoms with E-state index in [1.807, 2.05) is 78.9 Å². The second-order valence-corrected chi connectivity index (χ2v) is 12.8. The zero-order valence-corrected chi connectivity index (χ0v) is 27.1. The third-order valence-corrected chi connectivity index (χ3v) is 9.89. The number of furan rings is 2. The molecule has 0 unspecified atom stereocenters. The fourth-order valence-electron chi connectivity index (χ4n) is 7.63. The van der Waals surface area contributed by atoms with Crippen molar-refractivity contribution in [2.75, 3.05) is 0 Å². The fraction of sp³-hybridized carbons (Fsp3) is 0. The molecule has 0 amide bonds. The molecule has 0 radical (unpaired) electrons. The third-order valence-electron chi connectivity index (χ3n) is 9.89. The molecule has 7 aromatic carbocycles. The second-order valence-electron chi connectivity index (χ2n) is 12.8. The quantitative estimate of drug-likeness (QED) is 0.189. The van der Waals surface area contributed by atoms with Crippen LogP contribution in [0.15, 0.2) is 167 Å². The Morgan fingerprint density at radius 2 is 0.941 bits per heavy atom. The van der Waals surface area contributed by atoms with E-state index in [1.54, 1.807) is 0 Å². The van der Waals surface area contributed by atoms with Gasteiger partial charge in [0.1, 0.15) is 22.3 Å². The van der Waals surface area contributed by atoms with Crippen LogP contribution in [-0.2, 0) is 0 Å². The van der Waals surface area contributed by atoms with Crippen molar-refractivity contribution in [3.63, 3.8) is 0 Å². The minimum atomic E-state index is 0.547. The lowest BCUT2D eigenvalue weighted by molar-refractivity contribution is 0.668. The van der Waals surface area contributed by atoms with Gasteiger partial charge in [-0.3, -0.25) is 4.57 Å². The molecule has 51 heavy (non-hydrogen) atoms. The number of aromatic nitrogens is 4. The Hall–Kier alpha value is -7.05. The largest absolute Gasteiger partial charge is 0.456 e. The van der Waals surface area contributed by atoms with E-state index in [4.69, 9.17) is 23.8 Å². The zero-order valence-electron chi connectivity index (χ0n) is 27.1. The molecular weight excluding hydrogens is 629 g/mol. The van der Waals surface area contributed by atoms with Gasteiger partial charge in [0.05, 0.1) is 11.0 Å². The average Bonchev–Trinajstić information content (AvgIpc) is 3.87. The van der Waals surface area contributed by atoms with Gasteiger partial charge in [0.15, 0.2) is 11.6 Å². The van der Waals surface area contributed by atoms with Gasteiger partial charge in [0.2, 0.25) is 5.95 Å². The first-order valence-corrected chi connectivity index (χ1v) is 16.9. The molecule has 11 aromatic rings. The maximum Gasteiger partial charge on any atom is 0.238 e. The second kappa shape index (κ2) is 10.7. The molecule has 6 heteroatoms. The molecule has 11 rings (SSSR count). The predicted molar refractivity (Wildman–Crippen MR) is 205 cm³/mol. The van der Waals surface area contributed by atoms with Crippen LogP contribution in [0.5, 0.6) is 0 Å². The molecule has 0 spiro atoms. The Labute approximate surface area is 290 Å². The Bertz CT molecular complexity index is 3150. The molecule has 4 heterocycles. The molecule has 0 N–H and O–H groups in total. The molecule has 0 saturated heterocycles. The number of benzene rings is 7. The van der Waals surface area contributed by atoms with E-state index in [0.29, 0.717) is 17.6 Å². The third kappa shape index (κ3) is 4.20. The van der Waals surface area contributed by atoms with Crippen molar-refractivity contribution in [2.24, 2.45) is 0 Å². The minimum absolute atomic E-state index is 0.547. The molecule has 0 saturated carbocycles. The maximum absolute atomic E-state index is 6.26. The lowest BCUT2D eigenvalue weighted by Gasteiger charge is -2.11. The van der Waals surface area contributed by atoms with Gasteiger partial charge in [-0.1, -0.05) is 115 Å². The Kier molecular flexibility index (Phi) is 5.86. The fourth-order valence-corrected chi connectivity index (χ4v) is 7.63. The summed E-state index contributed by atoms with van der Waals surface area (Å²) in [5.74, 6) is 1.73. The lowest BCUT2D eigenvalue weighted by atomic mass is 9.98. The summed E-state index contributed by atoms with van der Waals surface area (Å²) >= 11 is 0. The van der Waals surface area contributed by atoms with Crippen molar-refractivity contribution >= 4 is 65.7 Å². The number of para-hydroxylation sites is 3. The highest BCUT2D eigenvalue weighted by atomic mass is 16.3. The molecule has 0 bridgehead atoms. The first-order chi connectivity index (χ1) is 25.3. The number of nitrogens with zero attached hydrogens (tertiary/aromatic N) is 4. The van der Waals surface area contributed by atoms with Crippen LogP contribution in [0, 0.1) is 0 Å². The summed E-state index contributed by atoms with van der Waals surface area (Å²) in [6, 6.07) is 53.9. The van der Waals surface area contributed by atoms with Crippen LogP contribution >= 0.6 is 0 Å². The van der Waals surface area contributed by atoms with Crippen molar-refractivity contribution in [1.82, 2.24) is 19.5 Å². The zero-order chi connectivity index (χ0) is 33.5. The summed E-state index contributed by atoms with van der Waals surface area (Å²) < 4.78 is 14.7. The molecule has 0 atom stereocenters. The summed E-state index contributed by atoms with van der Waals surface area (Å²) in [5, 5.41) is 6.46. The highest BCUT2D eigenvalue weighted by Crippen LogP contribution is 2.41. The van der Waals surface area contributed by atoms with Crippen molar-refractivity contribution in [3.05, 3.63) is 158 Å². The van der Waals surface area contributed by atoms with Gasteiger partial charge < -0.3 is 8.83 Å². The van der Waals surface area contributed by atoms with Gasteiger partial charge in [-0.25, -0.2) is 4.98 Å². The summed E-state index contributed by atoms with van der Waals surface area (Å²) in [7, 11) is 0. The first-order valence-electron chi connectivity index (χ1n) is 16.9. The summed E-state index contributed by atoms with van der Waals surface area (Å²) in [6.45, 7) is 0. The molecule has 238 valence electrons. The first kappa shape index (κ1) is 27.9. The number of fused-ring (bicyclic) bond motifs is 9. The van der Waals surface area contributed by atoms with E-state index in [1.165, 1.54) is 0 Å². The van der Waals surface area contributed by atoms with Gasteiger partial charge >= 0.3 is 0 Å². The van der Waals surface area contributed by atoms with E-state index in [0.717, 1.165) is 87.9 Å². The van der Waals surface area contributed by atoms with Gasteiger partial charge in [0.25, 0.3) is 0 Å². The number of rotatable bonds is 4. The van der Waals surface area contributed by atoms with Crippen molar-refractivity contribution in [1.29, 1.82) is 0 Å². The van der Waals surface area contributed by atoms with Crippen LogP contribution in [0.3, 0.4) is 0 Å². The normalized spacial score (nSPS) is 11.9. The molecule has 0 aliphatic carbocycles. The van der Waals surface area contributed by atoms with Crippen LogP contribution in [0.1, 0.15) is 0 Å². The topological polar surface area (TPSA) is 69.9 Å². The van der Waals surface area contributed by atoms with E-state index < -0.39 is 0 Å². The average molecular weight is 655 g/mol. The predicted octanol–water partition coefficient (Wildman–Crippen LogP) is 11.8. The van der Waals surface area contributed by atoms with E-state index >= 15 is 0 Å². The highest BCUT2D eigenvalue weighted by molar-refractivity contribution is 6.15. The van der Waals surface area contributed by atoms with Crippen LogP contribution in [0.25, 0.3) is 106 Å². The van der Waals surface area contributed by atoms with E-state index in [2.05, 4.69) is 83.4 Å². The molecule has 0 fully saturated rings. The van der Waals surface area contributed by atoms with E-state index in [9.17, 15) is 0 Å². The van der Waals surface area contributed by atoms with Gasteiger partial charge in [-0.05, 0) is 53.6 Å². The summed E-state index contributed by atoms with van der Waals surface area (Å²) in [5.41, 5.74) is 9.45. The molecular formula is C45H26N4O2.